The fraction of sp³-hybridized carbons (Fsp3) is 0.364. The van der Waals surface area contributed by atoms with Crippen LogP contribution < -0.4 is 15.5 Å². The van der Waals surface area contributed by atoms with E-state index in [-0.39, 0.29) is 13.2 Å². The Kier molecular flexibility index (Phi) is 7.32. The first kappa shape index (κ1) is 24.2. The van der Waals surface area contributed by atoms with Gasteiger partial charge in [0.25, 0.3) is 5.91 Å². The Morgan fingerprint density at radius 2 is 1.88 bits per heavy atom. The summed E-state index contributed by atoms with van der Waals surface area (Å²) in [5, 5.41) is 14.3. The molecule has 0 aliphatic carbocycles. The molecule has 2 aromatic rings. The SMILES string of the molecule is C[C@H](NC(=O)CCC(F)(F)F)C(=O)N[C@@H]1C(=O)N(CCO)c2ncccc2-c2ccccc21. The Morgan fingerprint density at radius 1 is 1.18 bits per heavy atom. The molecule has 0 radical (unpaired) electrons. The van der Waals surface area contributed by atoms with Crippen LogP contribution in [0, 0.1) is 0 Å². The number of aromatic nitrogens is 1. The minimum absolute atomic E-state index is 0.0626. The van der Waals surface area contributed by atoms with Crippen molar-refractivity contribution in [3.8, 4) is 11.1 Å². The van der Waals surface area contributed by atoms with Crippen LogP contribution in [0.15, 0.2) is 42.6 Å². The first-order valence-corrected chi connectivity index (χ1v) is 10.3. The van der Waals surface area contributed by atoms with Crippen molar-refractivity contribution in [3.63, 3.8) is 0 Å². The molecular formula is C22H23F3N4O4. The van der Waals surface area contributed by atoms with Gasteiger partial charge in [0, 0.05) is 18.2 Å². The van der Waals surface area contributed by atoms with Gasteiger partial charge in [0.05, 0.1) is 19.6 Å². The number of anilines is 1. The number of β-amino-alcohol motifs (C(OH)–C–C–N with tert-alkyl or cyclic N) is 1. The summed E-state index contributed by atoms with van der Waals surface area (Å²) in [5.74, 6) is -1.89. The molecule has 1 aromatic heterocycles. The van der Waals surface area contributed by atoms with E-state index in [1.807, 2.05) is 0 Å². The quantitative estimate of drug-likeness (QED) is 0.581. The Bertz CT molecular complexity index is 1040. The van der Waals surface area contributed by atoms with Gasteiger partial charge in [-0.1, -0.05) is 24.3 Å². The first-order chi connectivity index (χ1) is 15.6. The van der Waals surface area contributed by atoms with Crippen LogP contribution in [-0.2, 0) is 14.4 Å². The fourth-order valence-electron chi connectivity index (χ4n) is 3.57. The summed E-state index contributed by atoms with van der Waals surface area (Å²) in [6.45, 7) is 0.910. The zero-order valence-electron chi connectivity index (χ0n) is 17.7. The van der Waals surface area contributed by atoms with E-state index >= 15 is 0 Å². The highest BCUT2D eigenvalue weighted by atomic mass is 19.4. The number of hydrogen-bond acceptors (Lipinski definition) is 5. The largest absolute Gasteiger partial charge is 0.395 e. The molecule has 2 atom stereocenters. The summed E-state index contributed by atoms with van der Waals surface area (Å²) in [5.41, 5.74) is 1.78. The van der Waals surface area contributed by atoms with Crippen molar-refractivity contribution in [1.82, 2.24) is 15.6 Å². The molecule has 2 heterocycles. The Hall–Kier alpha value is -3.47. The third-order valence-corrected chi connectivity index (χ3v) is 5.13. The number of amides is 3. The lowest BCUT2D eigenvalue weighted by atomic mass is 9.96. The van der Waals surface area contributed by atoms with Gasteiger partial charge in [-0.2, -0.15) is 13.2 Å². The number of nitrogens with zero attached hydrogens (tertiary/aromatic N) is 2. The summed E-state index contributed by atoms with van der Waals surface area (Å²) in [7, 11) is 0. The van der Waals surface area contributed by atoms with Crippen LogP contribution in [0.5, 0.6) is 0 Å². The molecule has 0 unspecified atom stereocenters. The topological polar surface area (TPSA) is 112 Å². The maximum atomic E-state index is 13.4. The van der Waals surface area contributed by atoms with Gasteiger partial charge in [-0.25, -0.2) is 4.98 Å². The number of aliphatic hydroxyl groups is 1. The molecule has 3 amide bonds. The van der Waals surface area contributed by atoms with Crippen molar-refractivity contribution in [3.05, 3.63) is 48.2 Å². The Labute approximate surface area is 187 Å². The summed E-state index contributed by atoms with van der Waals surface area (Å²) in [6.07, 6.45) is -5.09. The number of halogens is 3. The van der Waals surface area contributed by atoms with Crippen LogP contribution in [0.2, 0.25) is 0 Å². The zero-order valence-corrected chi connectivity index (χ0v) is 17.7. The van der Waals surface area contributed by atoms with Crippen molar-refractivity contribution >= 4 is 23.5 Å². The number of nitrogens with one attached hydrogen (secondary N) is 2. The summed E-state index contributed by atoms with van der Waals surface area (Å²) >= 11 is 0. The minimum Gasteiger partial charge on any atom is -0.395 e. The number of fused-ring (bicyclic) bond motifs is 3. The maximum Gasteiger partial charge on any atom is 0.389 e. The molecule has 1 aromatic carbocycles. The van der Waals surface area contributed by atoms with E-state index in [2.05, 4.69) is 15.6 Å². The number of benzene rings is 1. The van der Waals surface area contributed by atoms with Gasteiger partial charge in [0.1, 0.15) is 17.9 Å². The molecule has 0 spiro atoms. The van der Waals surface area contributed by atoms with Gasteiger partial charge in [0.15, 0.2) is 0 Å². The number of carbonyl (C=O) groups excluding carboxylic acids is 3. The maximum absolute atomic E-state index is 13.4. The number of hydrogen-bond donors (Lipinski definition) is 3. The van der Waals surface area contributed by atoms with E-state index in [1.165, 1.54) is 18.0 Å². The second-order valence-electron chi connectivity index (χ2n) is 7.52. The first-order valence-electron chi connectivity index (χ1n) is 10.3. The van der Waals surface area contributed by atoms with E-state index in [1.54, 1.807) is 36.4 Å². The number of aliphatic hydroxyl groups excluding tert-OH is 1. The molecule has 176 valence electrons. The molecule has 3 rings (SSSR count). The highest BCUT2D eigenvalue weighted by Crippen LogP contribution is 2.38. The van der Waals surface area contributed by atoms with E-state index in [4.69, 9.17) is 0 Å². The van der Waals surface area contributed by atoms with Crippen LogP contribution >= 0.6 is 0 Å². The molecule has 0 saturated heterocycles. The van der Waals surface area contributed by atoms with E-state index in [0.717, 1.165) is 0 Å². The lowest BCUT2D eigenvalue weighted by Crippen LogP contribution is -2.50. The predicted molar refractivity (Wildman–Crippen MR) is 113 cm³/mol. The second kappa shape index (κ2) is 9.99. The number of pyridine rings is 1. The lowest BCUT2D eigenvalue weighted by molar-refractivity contribution is -0.144. The summed E-state index contributed by atoms with van der Waals surface area (Å²) in [6, 6.07) is 8.04. The smallest absolute Gasteiger partial charge is 0.389 e. The van der Waals surface area contributed by atoms with Crippen LogP contribution in [0.3, 0.4) is 0 Å². The molecule has 33 heavy (non-hydrogen) atoms. The molecule has 0 fully saturated rings. The number of carbonyl (C=O) groups is 3. The molecule has 0 saturated carbocycles. The standard InChI is InChI=1S/C22H23F3N4O4/c1-13(27-17(31)8-9-22(23,24)25)20(32)28-18-15-6-3-2-5-14(15)16-7-4-10-26-19(16)29(11-12-30)21(18)33/h2-7,10,13,18,30H,8-9,11-12H2,1H3,(H,27,31)(H,28,32)/t13-,18-/m0/s1. The average Bonchev–Trinajstić information content (AvgIpc) is 2.87. The van der Waals surface area contributed by atoms with Gasteiger partial charge < -0.3 is 15.7 Å². The van der Waals surface area contributed by atoms with Crippen LogP contribution in [0.1, 0.15) is 31.4 Å². The number of alkyl halides is 3. The van der Waals surface area contributed by atoms with E-state index in [9.17, 15) is 32.7 Å². The highest BCUT2D eigenvalue weighted by Gasteiger charge is 2.36. The second-order valence-corrected chi connectivity index (χ2v) is 7.52. The molecule has 1 aliphatic heterocycles. The van der Waals surface area contributed by atoms with Crippen LogP contribution in [0.25, 0.3) is 11.1 Å². The summed E-state index contributed by atoms with van der Waals surface area (Å²) in [4.78, 5) is 43.5. The summed E-state index contributed by atoms with van der Waals surface area (Å²) < 4.78 is 37.0. The van der Waals surface area contributed by atoms with E-state index in [0.29, 0.717) is 22.5 Å². The Morgan fingerprint density at radius 3 is 2.58 bits per heavy atom. The van der Waals surface area contributed by atoms with Gasteiger partial charge in [-0.3, -0.25) is 19.3 Å². The monoisotopic (exact) mass is 464 g/mol. The molecule has 1 aliphatic rings. The van der Waals surface area contributed by atoms with E-state index < -0.39 is 48.8 Å². The third-order valence-electron chi connectivity index (χ3n) is 5.13. The van der Waals surface area contributed by atoms with Crippen molar-refractivity contribution in [2.75, 3.05) is 18.1 Å². The van der Waals surface area contributed by atoms with Gasteiger partial charge >= 0.3 is 6.18 Å². The van der Waals surface area contributed by atoms with Crippen LogP contribution in [0.4, 0.5) is 19.0 Å². The predicted octanol–water partition coefficient (Wildman–Crippen LogP) is 2.09. The van der Waals surface area contributed by atoms with Gasteiger partial charge in [-0.15, -0.1) is 0 Å². The lowest BCUT2D eigenvalue weighted by Gasteiger charge is -2.26. The normalized spacial score (nSPS) is 16.3. The van der Waals surface area contributed by atoms with Crippen molar-refractivity contribution in [1.29, 1.82) is 0 Å². The zero-order chi connectivity index (χ0) is 24.2. The minimum atomic E-state index is -4.49. The Balaban J connectivity index is 1.85. The van der Waals surface area contributed by atoms with Gasteiger partial charge in [0.2, 0.25) is 11.8 Å². The molecule has 8 nitrogen and oxygen atoms in total. The van der Waals surface area contributed by atoms with Crippen molar-refractivity contribution < 1.29 is 32.7 Å². The van der Waals surface area contributed by atoms with Crippen LogP contribution in [-0.4, -0.2) is 53.2 Å². The average molecular weight is 464 g/mol. The highest BCUT2D eigenvalue weighted by molar-refractivity contribution is 6.05. The van der Waals surface area contributed by atoms with Crippen molar-refractivity contribution in [2.24, 2.45) is 0 Å². The molecule has 11 heteroatoms. The van der Waals surface area contributed by atoms with Gasteiger partial charge in [-0.05, 0) is 30.2 Å². The molecule has 0 bridgehead atoms. The molecular weight excluding hydrogens is 441 g/mol. The van der Waals surface area contributed by atoms with Crippen molar-refractivity contribution in [2.45, 2.75) is 38.0 Å². The molecule has 3 N–H and O–H groups in total. The fourth-order valence-corrected chi connectivity index (χ4v) is 3.57. The number of rotatable bonds is 7. The third kappa shape index (κ3) is 5.67.